The van der Waals surface area contributed by atoms with Crippen molar-refractivity contribution < 1.29 is 23.7 Å². The van der Waals surface area contributed by atoms with E-state index in [2.05, 4.69) is 35.8 Å². The lowest BCUT2D eigenvalue weighted by Crippen LogP contribution is -2.01. The Morgan fingerprint density at radius 3 is 2.00 bits per heavy atom. The maximum Gasteiger partial charge on any atom is 0.526 e. The number of carbonyl (C=O) groups excluding carboxylic acids is 1. The van der Waals surface area contributed by atoms with Gasteiger partial charge in [-0.3, -0.25) is 14.6 Å². The Bertz CT molecular complexity index is 412. The smallest absolute Gasteiger partial charge is 0.371 e. The molecular formula is C18H33O5P. The Morgan fingerprint density at radius 2 is 1.42 bits per heavy atom. The number of carbonyl (C=O) groups is 1. The molecule has 0 radical (unpaired) electrons. The molecule has 0 rings (SSSR count). The van der Waals surface area contributed by atoms with E-state index in [9.17, 15) is 9.36 Å². The highest BCUT2D eigenvalue weighted by Gasteiger charge is 2.19. The van der Waals surface area contributed by atoms with Crippen LogP contribution in [-0.4, -0.2) is 15.8 Å². The van der Waals surface area contributed by atoms with Gasteiger partial charge in [0.15, 0.2) is 0 Å². The first kappa shape index (κ1) is 23.1. The molecular weight excluding hydrogens is 327 g/mol. The van der Waals surface area contributed by atoms with Crippen LogP contribution in [0, 0.1) is 0 Å². The fourth-order valence-corrected chi connectivity index (χ4v) is 2.62. The second kappa shape index (κ2) is 15.6. The second-order valence-electron chi connectivity index (χ2n) is 5.93. The number of phosphoric acid groups is 1. The lowest BCUT2D eigenvalue weighted by molar-refractivity contribution is -0.135. The Morgan fingerprint density at radius 1 is 0.875 bits per heavy atom. The van der Waals surface area contributed by atoms with Crippen LogP contribution in [0.5, 0.6) is 0 Å². The predicted octanol–water partition coefficient (Wildman–Crippen LogP) is 5.44. The Labute approximate surface area is 146 Å². The summed E-state index contributed by atoms with van der Waals surface area (Å²) in [6.07, 6.45) is 20.8. The van der Waals surface area contributed by atoms with Crippen molar-refractivity contribution in [3.63, 3.8) is 0 Å². The Kier molecular flexibility index (Phi) is 15.0. The van der Waals surface area contributed by atoms with Crippen LogP contribution in [0.3, 0.4) is 0 Å². The minimum absolute atomic E-state index is 0.0651. The maximum atomic E-state index is 11.1. The molecule has 0 unspecified atom stereocenters. The van der Waals surface area contributed by atoms with Crippen molar-refractivity contribution >= 4 is 13.8 Å². The minimum atomic E-state index is -4.67. The number of phosphoric ester groups is 1. The van der Waals surface area contributed by atoms with Crippen LogP contribution in [0.15, 0.2) is 24.3 Å². The van der Waals surface area contributed by atoms with Crippen molar-refractivity contribution in [3.8, 4) is 0 Å². The standard InChI is InChI=1S/C18H33O5P/c1-2-3-4-5-6-7-8-9-10-11-12-13-14-15-16-17-18(19)23-24(20,21)22/h6-7,9-10H,2-5,8,11-17H2,1H3,(H2,20,21,22)/b7-6-,10-9-. The highest BCUT2D eigenvalue weighted by Crippen LogP contribution is 2.36. The molecule has 0 heterocycles. The molecule has 0 fully saturated rings. The quantitative estimate of drug-likeness (QED) is 0.231. The van der Waals surface area contributed by atoms with E-state index >= 15 is 0 Å². The van der Waals surface area contributed by atoms with Gasteiger partial charge >= 0.3 is 13.8 Å². The molecule has 0 aliphatic heterocycles. The van der Waals surface area contributed by atoms with Gasteiger partial charge in [-0.05, 0) is 38.5 Å². The summed E-state index contributed by atoms with van der Waals surface area (Å²) < 4.78 is 14.4. The van der Waals surface area contributed by atoms with Crippen molar-refractivity contribution in [1.29, 1.82) is 0 Å². The van der Waals surface area contributed by atoms with Crippen molar-refractivity contribution in [2.75, 3.05) is 0 Å². The van der Waals surface area contributed by atoms with E-state index in [4.69, 9.17) is 9.79 Å². The van der Waals surface area contributed by atoms with Crippen molar-refractivity contribution in [1.82, 2.24) is 0 Å². The maximum absolute atomic E-state index is 11.1. The summed E-state index contributed by atoms with van der Waals surface area (Å²) in [5.41, 5.74) is 0. The van der Waals surface area contributed by atoms with Gasteiger partial charge in [0.1, 0.15) is 0 Å². The zero-order chi connectivity index (χ0) is 18.1. The van der Waals surface area contributed by atoms with Crippen LogP contribution in [-0.2, 0) is 13.9 Å². The molecule has 0 aliphatic rings. The molecule has 0 saturated carbocycles. The molecule has 0 atom stereocenters. The van der Waals surface area contributed by atoms with E-state index in [1.54, 1.807) is 0 Å². The molecule has 2 N–H and O–H groups in total. The van der Waals surface area contributed by atoms with Crippen LogP contribution in [0.2, 0.25) is 0 Å². The molecule has 6 heteroatoms. The van der Waals surface area contributed by atoms with Gasteiger partial charge in [-0.15, -0.1) is 0 Å². The van der Waals surface area contributed by atoms with Gasteiger partial charge in [-0.25, -0.2) is 4.57 Å². The molecule has 0 aromatic carbocycles. The zero-order valence-electron chi connectivity index (χ0n) is 14.9. The van der Waals surface area contributed by atoms with E-state index in [0.717, 1.165) is 38.5 Å². The Hall–Kier alpha value is -0.900. The third-order valence-electron chi connectivity index (χ3n) is 3.55. The number of rotatable bonds is 15. The van der Waals surface area contributed by atoms with Crippen molar-refractivity contribution in [2.45, 2.75) is 84.0 Å². The molecule has 0 aromatic rings. The summed E-state index contributed by atoms with van der Waals surface area (Å²) >= 11 is 0. The number of allylic oxidation sites excluding steroid dienone is 4. The first-order valence-electron chi connectivity index (χ1n) is 9.03. The first-order valence-corrected chi connectivity index (χ1v) is 10.6. The molecule has 5 nitrogen and oxygen atoms in total. The summed E-state index contributed by atoms with van der Waals surface area (Å²) in [6.45, 7) is 2.22. The van der Waals surface area contributed by atoms with Gasteiger partial charge in [0.05, 0.1) is 0 Å². The third-order valence-corrected chi connectivity index (χ3v) is 3.99. The highest BCUT2D eigenvalue weighted by molar-refractivity contribution is 7.46. The van der Waals surface area contributed by atoms with Crippen LogP contribution in [0.25, 0.3) is 0 Å². The van der Waals surface area contributed by atoms with E-state index in [-0.39, 0.29) is 6.42 Å². The fourth-order valence-electron chi connectivity index (χ4n) is 2.26. The van der Waals surface area contributed by atoms with Gasteiger partial charge in [0, 0.05) is 6.42 Å². The number of hydrogen-bond acceptors (Lipinski definition) is 3. The average molecular weight is 360 g/mol. The summed E-state index contributed by atoms with van der Waals surface area (Å²) in [6, 6.07) is 0. The summed E-state index contributed by atoms with van der Waals surface area (Å²) in [7, 11) is -4.67. The minimum Gasteiger partial charge on any atom is -0.371 e. The molecule has 0 aromatic heterocycles. The lowest BCUT2D eigenvalue weighted by Gasteiger charge is -2.04. The molecule has 0 spiro atoms. The van der Waals surface area contributed by atoms with Crippen molar-refractivity contribution in [3.05, 3.63) is 24.3 Å². The normalized spacial score (nSPS) is 12.3. The molecule has 24 heavy (non-hydrogen) atoms. The third kappa shape index (κ3) is 19.1. The lowest BCUT2D eigenvalue weighted by atomic mass is 10.1. The van der Waals surface area contributed by atoms with Crippen LogP contribution in [0.1, 0.15) is 84.0 Å². The number of hydrogen-bond donors (Lipinski definition) is 2. The van der Waals surface area contributed by atoms with E-state index in [1.807, 2.05) is 0 Å². The van der Waals surface area contributed by atoms with E-state index in [1.165, 1.54) is 25.7 Å². The monoisotopic (exact) mass is 360 g/mol. The van der Waals surface area contributed by atoms with Gasteiger partial charge in [-0.2, -0.15) is 0 Å². The van der Waals surface area contributed by atoms with E-state index in [0.29, 0.717) is 6.42 Å². The van der Waals surface area contributed by atoms with Crippen LogP contribution >= 0.6 is 7.82 Å². The molecule has 140 valence electrons. The van der Waals surface area contributed by atoms with Gasteiger partial charge in [-0.1, -0.05) is 63.3 Å². The summed E-state index contributed by atoms with van der Waals surface area (Å²) in [5, 5.41) is 0. The van der Waals surface area contributed by atoms with Gasteiger partial charge < -0.3 is 4.52 Å². The van der Waals surface area contributed by atoms with E-state index < -0.39 is 13.8 Å². The zero-order valence-corrected chi connectivity index (χ0v) is 15.8. The van der Waals surface area contributed by atoms with Crippen LogP contribution < -0.4 is 0 Å². The molecule has 0 amide bonds. The number of unbranched alkanes of at least 4 members (excludes halogenated alkanes) is 8. The molecule has 0 bridgehead atoms. The second-order valence-corrected chi connectivity index (χ2v) is 7.10. The molecule has 0 aliphatic carbocycles. The topological polar surface area (TPSA) is 83.8 Å². The van der Waals surface area contributed by atoms with Crippen molar-refractivity contribution in [2.24, 2.45) is 0 Å². The SMILES string of the molecule is CCCCC/C=C\C/C=C\CCCCCCCC(=O)OP(=O)(O)O. The van der Waals surface area contributed by atoms with Gasteiger partial charge in [0.2, 0.25) is 0 Å². The largest absolute Gasteiger partial charge is 0.526 e. The van der Waals surface area contributed by atoms with Gasteiger partial charge in [0.25, 0.3) is 0 Å². The first-order chi connectivity index (χ1) is 11.5. The summed E-state index contributed by atoms with van der Waals surface area (Å²) in [5.74, 6) is -0.825. The Balaban J connectivity index is 3.34. The average Bonchev–Trinajstić information content (AvgIpc) is 2.49. The fraction of sp³-hybridized carbons (Fsp3) is 0.722. The highest BCUT2D eigenvalue weighted by atomic mass is 31.2. The predicted molar refractivity (Wildman–Crippen MR) is 97.5 cm³/mol. The van der Waals surface area contributed by atoms with Crippen LogP contribution in [0.4, 0.5) is 0 Å². The molecule has 0 saturated heterocycles. The summed E-state index contributed by atoms with van der Waals surface area (Å²) in [4.78, 5) is 28.0.